The minimum absolute atomic E-state index is 0.962. The summed E-state index contributed by atoms with van der Waals surface area (Å²) in [5.41, 5.74) is 1.92. The molecular formula is C38H56OS. The van der Waals surface area contributed by atoms with E-state index in [1.54, 1.807) is 0 Å². The lowest BCUT2D eigenvalue weighted by molar-refractivity contribution is 0.669. The highest BCUT2D eigenvalue weighted by Crippen LogP contribution is 2.33. The Morgan fingerprint density at radius 3 is 0.975 bits per heavy atom. The minimum Gasteiger partial charge on any atom is -0.456 e. The molecule has 0 N–H and O–H groups in total. The molecule has 0 saturated carbocycles. The topological polar surface area (TPSA) is 13.1 Å². The van der Waals surface area contributed by atoms with Crippen LogP contribution in [-0.2, 0) is 0 Å². The molecule has 220 valence electrons. The first-order valence-electron chi connectivity index (χ1n) is 15.5. The Balaban J connectivity index is 0. The molecule has 0 aliphatic heterocycles. The fraction of sp³-hybridized carbons (Fsp3) is 0.368. The SMILES string of the molecule is CC.CC.CC.CC.CCC.CCC.c1ccc2c(c1)oc1ccccc12.c1ccc2c(c1)sc1ccccc12. The van der Waals surface area contributed by atoms with Crippen molar-refractivity contribution in [2.45, 2.75) is 95.9 Å². The van der Waals surface area contributed by atoms with Crippen molar-refractivity contribution in [1.29, 1.82) is 0 Å². The highest BCUT2D eigenvalue weighted by molar-refractivity contribution is 7.25. The van der Waals surface area contributed by atoms with E-state index >= 15 is 0 Å². The van der Waals surface area contributed by atoms with Gasteiger partial charge in [0.2, 0.25) is 0 Å². The van der Waals surface area contributed by atoms with Crippen LogP contribution in [0.2, 0.25) is 0 Å². The van der Waals surface area contributed by atoms with Crippen molar-refractivity contribution < 1.29 is 4.42 Å². The number of hydrogen-bond acceptors (Lipinski definition) is 2. The third-order valence-electron chi connectivity index (χ3n) is 4.57. The van der Waals surface area contributed by atoms with Gasteiger partial charge in [0.05, 0.1) is 0 Å². The molecule has 0 aliphatic rings. The third-order valence-corrected chi connectivity index (χ3v) is 5.72. The van der Waals surface area contributed by atoms with E-state index < -0.39 is 0 Å². The molecule has 2 aromatic heterocycles. The van der Waals surface area contributed by atoms with Gasteiger partial charge in [-0.05, 0) is 24.3 Å². The van der Waals surface area contributed by atoms with Gasteiger partial charge in [-0.1, -0.05) is 169 Å². The zero-order chi connectivity index (χ0) is 30.8. The van der Waals surface area contributed by atoms with Crippen LogP contribution in [-0.4, -0.2) is 0 Å². The monoisotopic (exact) mass is 560 g/mol. The van der Waals surface area contributed by atoms with E-state index in [-0.39, 0.29) is 0 Å². The molecule has 2 heteroatoms. The van der Waals surface area contributed by atoms with Crippen LogP contribution in [0.3, 0.4) is 0 Å². The quantitative estimate of drug-likeness (QED) is 0.180. The van der Waals surface area contributed by atoms with E-state index in [0.29, 0.717) is 0 Å². The van der Waals surface area contributed by atoms with Gasteiger partial charge < -0.3 is 4.42 Å². The molecule has 0 saturated heterocycles. The molecule has 0 spiro atoms. The Bertz CT molecular complexity index is 1170. The van der Waals surface area contributed by atoms with Crippen molar-refractivity contribution in [3.63, 3.8) is 0 Å². The summed E-state index contributed by atoms with van der Waals surface area (Å²) < 4.78 is 8.41. The Morgan fingerprint density at radius 1 is 0.400 bits per heavy atom. The van der Waals surface area contributed by atoms with Gasteiger partial charge in [-0.15, -0.1) is 11.3 Å². The van der Waals surface area contributed by atoms with Gasteiger partial charge in [-0.25, -0.2) is 0 Å². The van der Waals surface area contributed by atoms with Gasteiger partial charge in [-0.2, -0.15) is 0 Å². The van der Waals surface area contributed by atoms with Gasteiger partial charge in [0, 0.05) is 30.9 Å². The molecule has 0 unspecified atom stereocenters. The maximum atomic E-state index is 5.65. The molecule has 4 aromatic carbocycles. The Hall–Kier alpha value is -3.10. The maximum Gasteiger partial charge on any atom is 0.135 e. The molecule has 0 aliphatic carbocycles. The second-order valence-electron chi connectivity index (χ2n) is 7.60. The minimum atomic E-state index is 0.962. The summed E-state index contributed by atoms with van der Waals surface area (Å²) in [6.07, 6.45) is 2.50. The predicted molar refractivity (Wildman–Crippen MR) is 190 cm³/mol. The Kier molecular flexibility index (Phi) is 25.5. The normalized spacial score (nSPS) is 8.70. The van der Waals surface area contributed by atoms with Gasteiger partial charge in [0.25, 0.3) is 0 Å². The number of benzene rings is 4. The van der Waals surface area contributed by atoms with Crippen LogP contribution in [0.1, 0.15) is 95.9 Å². The van der Waals surface area contributed by atoms with Crippen molar-refractivity contribution in [2.24, 2.45) is 0 Å². The average molecular weight is 561 g/mol. The second-order valence-corrected chi connectivity index (χ2v) is 8.69. The van der Waals surface area contributed by atoms with E-state index in [4.69, 9.17) is 4.42 Å². The van der Waals surface area contributed by atoms with Crippen molar-refractivity contribution in [2.75, 3.05) is 0 Å². The largest absolute Gasteiger partial charge is 0.456 e. The Labute approximate surface area is 250 Å². The van der Waals surface area contributed by atoms with Crippen LogP contribution >= 0.6 is 11.3 Å². The molecule has 0 amide bonds. The number of para-hydroxylation sites is 2. The predicted octanol–water partition coefficient (Wildman–Crippen LogP) is 14.6. The molecule has 2 heterocycles. The first-order chi connectivity index (χ1) is 19.7. The van der Waals surface area contributed by atoms with Gasteiger partial charge in [0.15, 0.2) is 0 Å². The summed E-state index contributed by atoms with van der Waals surface area (Å²) in [7, 11) is 0. The zero-order valence-electron chi connectivity index (χ0n) is 27.5. The summed E-state index contributed by atoms with van der Waals surface area (Å²) in [5.74, 6) is 0. The number of fused-ring (bicyclic) bond motifs is 6. The van der Waals surface area contributed by atoms with E-state index in [2.05, 4.69) is 88.4 Å². The summed E-state index contributed by atoms with van der Waals surface area (Å²) in [5, 5.41) is 5.14. The standard InChI is InChI=1S/C12H8O.C12H8S.2C3H8.4C2H6/c2*1-3-7-11-9(5-1)10-6-2-4-8-12(10)13-11;2*1-3-2;4*1-2/h2*1-8H;2*3H2,1-2H3;4*1-2H3. The summed E-state index contributed by atoms with van der Waals surface area (Å²) in [4.78, 5) is 0. The molecule has 40 heavy (non-hydrogen) atoms. The summed E-state index contributed by atoms with van der Waals surface area (Å²) in [6, 6.07) is 33.3. The first-order valence-corrected chi connectivity index (χ1v) is 16.3. The number of thiophene rings is 1. The van der Waals surface area contributed by atoms with E-state index in [1.165, 1.54) is 43.8 Å². The van der Waals surface area contributed by atoms with E-state index in [1.807, 2.05) is 103 Å². The van der Waals surface area contributed by atoms with Crippen molar-refractivity contribution in [3.05, 3.63) is 97.1 Å². The van der Waals surface area contributed by atoms with Crippen LogP contribution in [0.25, 0.3) is 42.1 Å². The smallest absolute Gasteiger partial charge is 0.135 e. The average Bonchev–Trinajstić information content (AvgIpc) is 3.61. The fourth-order valence-corrected chi connectivity index (χ4v) is 4.46. The summed E-state index contributed by atoms with van der Waals surface area (Å²) >= 11 is 1.86. The molecule has 0 radical (unpaired) electrons. The van der Waals surface area contributed by atoms with Crippen molar-refractivity contribution in [3.8, 4) is 0 Å². The third kappa shape index (κ3) is 12.4. The zero-order valence-corrected chi connectivity index (χ0v) is 28.3. The van der Waals surface area contributed by atoms with Gasteiger partial charge in [0.1, 0.15) is 11.2 Å². The number of furan rings is 1. The second kappa shape index (κ2) is 26.1. The Morgan fingerprint density at radius 2 is 0.650 bits per heavy atom. The van der Waals surface area contributed by atoms with Crippen LogP contribution in [0.15, 0.2) is 101 Å². The van der Waals surface area contributed by atoms with E-state index in [9.17, 15) is 0 Å². The highest BCUT2D eigenvalue weighted by Gasteiger charge is 2.03. The van der Waals surface area contributed by atoms with Crippen LogP contribution in [0, 0.1) is 0 Å². The van der Waals surface area contributed by atoms with Crippen LogP contribution < -0.4 is 0 Å². The molecule has 0 bridgehead atoms. The molecule has 0 atom stereocenters. The van der Waals surface area contributed by atoms with E-state index in [0.717, 1.165) is 11.2 Å². The lowest BCUT2D eigenvalue weighted by Gasteiger charge is -1.88. The molecular weight excluding hydrogens is 504 g/mol. The molecule has 6 rings (SSSR count). The lowest BCUT2D eigenvalue weighted by atomic mass is 10.2. The lowest BCUT2D eigenvalue weighted by Crippen LogP contribution is -1.62. The molecule has 0 fully saturated rings. The van der Waals surface area contributed by atoms with Crippen LogP contribution in [0.4, 0.5) is 0 Å². The molecule has 1 nitrogen and oxygen atoms in total. The maximum absolute atomic E-state index is 5.65. The van der Waals surface area contributed by atoms with Crippen LogP contribution in [0.5, 0.6) is 0 Å². The first kappa shape index (κ1) is 39.0. The van der Waals surface area contributed by atoms with Gasteiger partial charge >= 0.3 is 0 Å². The highest BCUT2D eigenvalue weighted by atomic mass is 32.1. The van der Waals surface area contributed by atoms with Crippen molar-refractivity contribution >= 4 is 53.4 Å². The fourth-order valence-electron chi connectivity index (χ4n) is 3.35. The number of rotatable bonds is 0. The van der Waals surface area contributed by atoms with Gasteiger partial charge in [-0.3, -0.25) is 0 Å². The summed E-state index contributed by atoms with van der Waals surface area (Å²) in [6.45, 7) is 24.5. The molecule has 6 aromatic rings. The van der Waals surface area contributed by atoms with Crippen molar-refractivity contribution in [1.82, 2.24) is 0 Å². The number of hydrogen-bond donors (Lipinski definition) is 0.